The maximum Gasteiger partial charge on any atom is 0.344 e. The summed E-state index contributed by atoms with van der Waals surface area (Å²) >= 11 is 2.90. The van der Waals surface area contributed by atoms with E-state index < -0.39 is 0 Å². The van der Waals surface area contributed by atoms with Gasteiger partial charge in [-0.15, -0.1) is 16.4 Å². The molecule has 1 amide bonds. The minimum Gasteiger partial charge on any atom is -0.283 e. The Hall–Kier alpha value is -3.17. The number of carbonyl (C=O) groups excluding carboxylic acids is 1. The molecule has 2 aromatic heterocycles. The Morgan fingerprint density at radius 2 is 1.74 bits per heavy atom. The molecular weight excluding hydrogens is 466 g/mol. The number of rotatable bonds is 8. The third kappa shape index (κ3) is 5.15. The van der Waals surface area contributed by atoms with Gasteiger partial charge in [0.2, 0.25) is 5.91 Å². The molecule has 1 N–H and O–H groups in total. The number of aromatic nitrogens is 4. The van der Waals surface area contributed by atoms with E-state index in [0.717, 1.165) is 41.2 Å². The highest BCUT2D eigenvalue weighted by Gasteiger charge is 2.24. The molecule has 2 aromatic carbocycles. The highest BCUT2D eigenvalue weighted by Crippen LogP contribution is 2.33. The number of thiazole rings is 1. The minimum atomic E-state index is -0.285. The molecule has 0 aliphatic heterocycles. The number of H-pyrrole nitrogens is 1. The van der Waals surface area contributed by atoms with Gasteiger partial charge in [0.25, 0.3) is 0 Å². The second-order valence-electron chi connectivity index (χ2n) is 8.21. The zero-order valence-electron chi connectivity index (χ0n) is 18.6. The summed E-state index contributed by atoms with van der Waals surface area (Å²) < 4.78 is 1.57. The first-order valence-electron chi connectivity index (χ1n) is 11.3. The van der Waals surface area contributed by atoms with E-state index in [9.17, 15) is 9.59 Å². The summed E-state index contributed by atoms with van der Waals surface area (Å²) in [6, 6.07) is 19.7. The van der Waals surface area contributed by atoms with Gasteiger partial charge in [0.15, 0.2) is 10.3 Å². The van der Waals surface area contributed by atoms with Gasteiger partial charge in [0.1, 0.15) is 0 Å². The van der Waals surface area contributed by atoms with Crippen molar-refractivity contribution in [3.05, 3.63) is 92.8 Å². The number of hydrogen-bond acceptors (Lipinski definition) is 6. The van der Waals surface area contributed by atoms with Gasteiger partial charge in [-0.1, -0.05) is 72.4 Å². The average molecular weight is 492 g/mol. The van der Waals surface area contributed by atoms with Gasteiger partial charge in [-0.2, -0.15) is 0 Å². The summed E-state index contributed by atoms with van der Waals surface area (Å²) in [4.78, 5) is 33.7. The first-order valence-corrected chi connectivity index (χ1v) is 13.1. The molecule has 0 bridgehead atoms. The highest BCUT2D eigenvalue weighted by atomic mass is 32.2. The molecule has 1 aliphatic rings. The summed E-state index contributed by atoms with van der Waals surface area (Å²) in [6.07, 6.45) is 4.34. The van der Waals surface area contributed by atoms with E-state index in [4.69, 9.17) is 4.98 Å². The van der Waals surface area contributed by atoms with Crippen LogP contribution in [0.25, 0.3) is 0 Å². The van der Waals surface area contributed by atoms with Crippen LogP contribution < -0.4 is 10.6 Å². The van der Waals surface area contributed by atoms with Crippen LogP contribution in [0.2, 0.25) is 0 Å². The number of aryl methyl sites for hydroxylation is 2. The van der Waals surface area contributed by atoms with Gasteiger partial charge in [0.05, 0.1) is 24.5 Å². The molecule has 0 radical (unpaired) electrons. The van der Waals surface area contributed by atoms with Crippen LogP contribution in [0, 0.1) is 0 Å². The van der Waals surface area contributed by atoms with E-state index in [1.807, 2.05) is 60.7 Å². The number of benzene rings is 2. The largest absolute Gasteiger partial charge is 0.344 e. The van der Waals surface area contributed by atoms with Crippen LogP contribution in [-0.2, 0) is 30.7 Å². The van der Waals surface area contributed by atoms with Gasteiger partial charge >= 0.3 is 5.69 Å². The van der Waals surface area contributed by atoms with Crippen LogP contribution in [0.5, 0.6) is 0 Å². The summed E-state index contributed by atoms with van der Waals surface area (Å²) in [5, 5.41) is 7.93. The van der Waals surface area contributed by atoms with E-state index in [-0.39, 0.29) is 17.3 Å². The number of hydrogen-bond donors (Lipinski definition) is 1. The second kappa shape index (κ2) is 10.4. The Labute approximate surface area is 205 Å². The van der Waals surface area contributed by atoms with Crippen LogP contribution >= 0.6 is 23.1 Å². The maximum atomic E-state index is 13.5. The van der Waals surface area contributed by atoms with E-state index in [1.54, 1.807) is 20.8 Å². The number of aromatic amines is 1. The lowest BCUT2D eigenvalue weighted by molar-refractivity contribution is -0.116. The third-order valence-corrected chi connectivity index (χ3v) is 7.92. The summed E-state index contributed by atoms with van der Waals surface area (Å²) in [5.41, 5.74) is 2.90. The Bertz CT molecular complexity index is 1290. The fourth-order valence-electron chi connectivity index (χ4n) is 4.01. The number of amides is 1. The number of nitrogens with one attached hydrogen (secondary N) is 1. The zero-order valence-corrected chi connectivity index (χ0v) is 20.3. The summed E-state index contributed by atoms with van der Waals surface area (Å²) in [6.45, 7) is 0.865. The fourth-order valence-corrected chi connectivity index (χ4v) is 5.99. The van der Waals surface area contributed by atoms with Gasteiger partial charge in [-0.3, -0.25) is 14.3 Å². The van der Waals surface area contributed by atoms with Crippen LogP contribution in [0.15, 0.2) is 70.6 Å². The van der Waals surface area contributed by atoms with Crippen molar-refractivity contribution >= 4 is 34.1 Å². The topological polar surface area (TPSA) is 83.9 Å². The normalized spacial score (nSPS) is 12.9. The van der Waals surface area contributed by atoms with Gasteiger partial charge in [-0.05, 0) is 36.8 Å². The van der Waals surface area contributed by atoms with E-state index in [0.29, 0.717) is 18.2 Å². The predicted molar refractivity (Wildman–Crippen MR) is 136 cm³/mol. The van der Waals surface area contributed by atoms with Crippen molar-refractivity contribution in [3.8, 4) is 0 Å². The molecule has 4 aromatic rings. The molecule has 0 saturated carbocycles. The lowest BCUT2D eigenvalue weighted by atomic mass is 10.0. The van der Waals surface area contributed by atoms with Crippen molar-refractivity contribution in [3.63, 3.8) is 0 Å². The first-order chi connectivity index (χ1) is 16.7. The van der Waals surface area contributed by atoms with Crippen molar-refractivity contribution in [2.45, 2.75) is 43.9 Å². The molecule has 174 valence electrons. The second-order valence-corrected chi connectivity index (χ2v) is 10.2. The van der Waals surface area contributed by atoms with Crippen molar-refractivity contribution in [2.75, 3.05) is 10.7 Å². The molecule has 7 nitrogen and oxygen atoms in total. The molecule has 0 unspecified atom stereocenters. The van der Waals surface area contributed by atoms with E-state index in [1.165, 1.54) is 23.1 Å². The molecule has 5 rings (SSSR count). The molecule has 0 spiro atoms. The smallest absolute Gasteiger partial charge is 0.283 e. The molecule has 0 atom stereocenters. The summed E-state index contributed by atoms with van der Waals surface area (Å²) in [7, 11) is 0. The molecule has 0 fully saturated rings. The monoisotopic (exact) mass is 491 g/mol. The van der Waals surface area contributed by atoms with E-state index in [2.05, 4.69) is 10.2 Å². The van der Waals surface area contributed by atoms with Crippen molar-refractivity contribution in [1.29, 1.82) is 0 Å². The van der Waals surface area contributed by atoms with Gasteiger partial charge in [-0.25, -0.2) is 14.9 Å². The van der Waals surface area contributed by atoms with Gasteiger partial charge < -0.3 is 0 Å². The maximum absolute atomic E-state index is 13.5. The Balaban J connectivity index is 1.35. The molecule has 0 saturated heterocycles. The summed E-state index contributed by atoms with van der Waals surface area (Å²) in [5.74, 6) is 0.109. The standard InChI is InChI=1S/C25H25N5O2S2/c31-22(17-33-25-28-27-23(32)30(25)16-19-11-5-2-6-12-19)29(15-18-9-3-1-4-10-18)24-26-20-13-7-8-14-21(20)34-24/h1-6,9-12H,7-8,13-17H2,(H,27,32). The molecular formula is C25H25N5O2S2. The van der Waals surface area contributed by atoms with Crippen LogP contribution in [0.1, 0.15) is 34.5 Å². The zero-order chi connectivity index (χ0) is 23.3. The number of fused-ring (bicyclic) bond motifs is 1. The van der Waals surface area contributed by atoms with Crippen molar-refractivity contribution < 1.29 is 4.79 Å². The number of nitrogens with zero attached hydrogens (tertiary/aromatic N) is 4. The third-order valence-electron chi connectivity index (χ3n) is 5.78. The van der Waals surface area contributed by atoms with Crippen LogP contribution in [0.4, 0.5) is 5.13 Å². The first kappa shape index (κ1) is 22.6. The lowest BCUT2D eigenvalue weighted by Crippen LogP contribution is -2.32. The number of carbonyl (C=O) groups is 1. The predicted octanol–water partition coefficient (Wildman–Crippen LogP) is 4.28. The van der Waals surface area contributed by atoms with Crippen LogP contribution in [-0.4, -0.2) is 31.4 Å². The Kier molecular flexibility index (Phi) is 6.92. The highest BCUT2D eigenvalue weighted by molar-refractivity contribution is 7.99. The van der Waals surface area contributed by atoms with Crippen molar-refractivity contribution in [1.82, 2.24) is 19.7 Å². The minimum absolute atomic E-state index is 0.0540. The van der Waals surface area contributed by atoms with Crippen LogP contribution in [0.3, 0.4) is 0 Å². The SMILES string of the molecule is O=C(CSc1n[nH]c(=O)n1Cc1ccccc1)N(Cc1ccccc1)c1nc2c(s1)CCCC2. The number of thioether (sulfide) groups is 1. The fraction of sp³-hybridized carbons (Fsp3) is 0.280. The Morgan fingerprint density at radius 1 is 1.03 bits per heavy atom. The average Bonchev–Trinajstić information content (AvgIpc) is 3.46. The lowest BCUT2D eigenvalue weighted by Gasteiger charge is -2.20. The Morgan fingerprint density at radius 3 is 2.47 bits per heavy atom. The molecule has 9 heteroatoms. The van der Waals surface area contributed by atoms with Gasteiger partial charge in [0, 0.05) is 4.88 Å². The molecule has 34 heavy (non-hydrogen) atoms. The molecule has 2 heterocycles. The van der Waals surface area contributed by atoms with E-state index >= 15 is 0 Å². The quantitative estimate of drug-likeness (QED) is 0.372. The van der Waals surface area contributed by atoms with Crippen molar-refractivity contribution in [2.24, 2.45) is 0 Å². The number of anilines is 1. The molecule has 1 aliphatic carbocycles.